The Morgan fingerprint density at radius 2 is 1.93 bits per heavy atom. The number of amides is 3. The molecule has 7 nitrogen and oxygen atoms in total. The van der Waals surface area contributed by atoms with Crippen molar-refractivity contribution in [3.63, 3.8) is 0 Å². The van der Waals surface area contributed by atoms with Crippen LogP contribution in [0, 0.1) is 11.3 Å². The van der Waals surface area contributed by atoms with Gasteiger partial charge in [0.2, 0.25) is 12.7 Å². The van der Waals surface area contributed by atoms with Crippen molar-refractivity contribution >= 4 is 23.3 Å². The highest BCUT2D eigenvalue weighted by molar-refractivity contribution is 5.96. The molecule has 2 aliphatic heterocycles. The normalized spacial score (nSPS) is 23.5. The molecule has 2 atom stereocenters. The quantitative estimate of drug-likeness (QED) is 0.807. The molecule has 0 unspecified atom stereocenters. The lowest BCUT2D eigenvalue weighted by Gasteiger charge is -2.18. The van der Waals surface area contributed by atoms with Gasteiger partial charge in [0.05, 0.1) is 0 Å². The van der Waals surface area contributed by atoms with E-state index in [2.05, 4.69) is 17.6 Å². The van der Waals surface area contributed by atoms with Gasteiger partial charge in [-0.15, -0.1) is 0 Å². The molecule has 3 amide bonds. The number of carbonyl (C=O) groups excluding carboxylic acids is 2. The molecular weight excluding hydrogens is 382 g/mol. The Morgan fingerprint density at radius 3 is 2.80 bits per heavy atom. The van der Waals surface area contributed by atoms with Gasteiger partial charge in [0, 0.05) is 41.9 Å². The third-order valence-corrected chi connectivity index (χ3v) is 6.41. The van der Waals surface area contributed by atoms with Gasteiger partial charge in [-0.3, -0.25) is 4.79 Å². The standard InChI is InChI=1S/C23H25N3O4/c1-2-15-4-3-5-16(10-15)25-22(28)26-9-8-23(13-26)12-18(23)21(27)24-17-6-7-19-20(11-17)30-14-29-19/h3-7,10-11,18H,2,8-9,12-14H2,1H3,(H,24,27)(H,25,28)/t18-,23-/m0/s1. The second-order valence-corrected chi connectivity index (χ2v) is 8.33. The summed E-state index contributed by atoms with van der Waals surface area (Å²) in [6.07, 6.45) is 2.60. The van der Waals surface area contributed by atoms with Crippen molar-refractivity contribution in [1.29, 1.82) is 0 Å². The predicted octanol–water partition coefficient (Wildman–Crippen LogP) is 3.86. The molecule has 2 N–H and O–H groups in total. The second kappa shape index (κ2) is 7.23. The lowest BCUT2D eigenvalue weighted by atomic mass is 10.0. The van der Waals surface area contributed by atoms with Crippen LogP contribution in [0.15, 0.2) is 42.5 Å². The Bertz CT molecular complexity index is 1010. The Labute approximate surface area is 175 Å². The van der Waals surface area contributed by atoms with Crippen LogP contribution in [-0.4, -0.2) is 36.7 Å². The molecule has 1 saturated heterocycles. The lowest BCUT2D eigenvalue weighted by molar-refractivity contribution is -0.118. The second-order valence-electron chi connectivity index (χ2n) is 8.33. The highest BCUT2D eigenvalue weighted by atomic mass is 16.7. The summed E-state index contributed by atoms with van der Waals surface area (Å²) in [5.41, 5.74) is 2.61. The highest BCUT2D eigenvalue weighted by Gasteiger charge is 2.61. The number of carbonyl (C=O) groups is 2. The van der Waals surface area contributed by atoms with Crippen LogP contribution in [0.25, 0.3) is 0 Å². The van der Waals surface area contributed by atoms with Gasteiger partial charge in [0.1, 0.15) is 0 Å². The maximum Gasteiger partial charge on any atom is 0.321 e. The summed E-state index contributed by atoms with van der Waals surface area (Å²) < 4.78 is 10.7. The Hall–Kier alpha value is -3.22. The molecule has 1 saturated carbocycles. The number of anilines is 2. The minimum Gasteiger partial charge on any atom is -0.454 e. The zero-order chi connectivity index (χ0) is 20.7. The van der Waals surface area contributed by atoms with Crippen molar-refractivity contribution < 1.29 is 19.1 Å². The number of hydrogen-bond acceptors (Lipinski definition) is 4. The van der Waals surface area contributed by atoms with Gasteiger partial charge in [-0.25, -0.2) is 4.79 Å². The number of rotatable bonds is 4. The first-order valence-electron chi connectivity index (χ1n) is 10.4. The summed E-state index contributed by atoms with van der Waals surface area (Å²) in [4.78, 5) is 27.3. The molecule has 2 aromatic carbocycles. The number of likely N-dealkylation sites (tertiary alicyclic amines) is 1. The minimum atomic E-state index is -0.0954. The molecular formula is C23H25N3O4. The van der Waals surface area contributed by atoms with Crippen molar-refractivity contribution in [2.24, 2.45) is 11.3 Å². The molecule has 3 aliphatic rings. The molecule has 156 valence electrons. The van der Waals surface area contributed by atoms with Crippen molar-refractivity contribution in [2.75, 3.05) is 30.5 Å². The zero-order valence-electron chi connectivity index (χ0n) is 16.9. The van der Waals surface area contributed by atoms with Gasteiger partial charge in [0.25, 0.3) is 0 Å². The summed E-state index contributed by atoms with van der Waals surface area (Å²) in [5.74, 6) is 1.28. The van der Waals surface area contributed by atoms with E-state index in [4.69, 9.17) is 9.47 Å². The lowest BCUT2D eigenvalue weighted by Crippen LogP contribution is -2.33. The van der Waals surface area contributed by atoms with Crippen LogP contribution < -0.4 is 20.1 Å². The first kappa shape index (κ1) is 18.8. The van der Waals surface area contributed by atoms with E-state index in [1.54, 1.807) is 12.1 Å². The largest absolute Gasteiger partial charge is 0.454 e. The summed E-state index contributed by atoms with van der Waals surface area (Å²) in [6.45, 7) is 3.59. The summed E-state index contributed by atoms with van der Waals surface area (Å²) in [6, 6.07) is 13.2. The zero-order valence-corrected chi connectivity index (χ0v) is 16.9. The summed E-state index contributed by atoms with van der Waals surface area (Å²) in [7, 11) is 0. The van der Waals surface area contributed by atoms with E-state index in [9.17, 15) is 9.59 Å². The van der Waals surface area contributed by atoms with Crippen LogP contribution in [0.2, 0.25) is 0 Å². The molecule has 5 rings (SSSR count). The number of hydrogen-bond donors (Lipinski definition) is 2. The van der Waals surface area contributed by atoms with Gasteiger partial charge in [-0.1, -0.05) is 19.1 Å². The van der Waals surface area contributed by atoms with Crippen LogP contribution in [0.1, 0.15) is 25.3 Å². The van der Waals surface area contributed by atoms with Crippen LogP contribution in [-0.2, 0) is 11.2 Å². The monoisotopic (exact) mass is 407 g/mol. The van der Waals surface area contributed by atoms with Gasteiger partial charge in [0.15, 0.2) is 11.5 Å². The van der Waals surface area contributed by atoms with Gasteiger partial charge in [-0.05, 0) is 49.1 Å². The Kier molecular flexibility index (Phi) is 4.53. The smallest absolute Gasteiger partial charge is 0.321 e. The topological polar surface area (TPSA) is 79.9 Å². The molecule has 1 aliphatic carbocycles. The molecule has 0 bridgehead atoms. The highest BCUT2D eigenvalue weighted by Crippen LogP contribution is 2.58. The number of fused-ring (bicyclic) bond motifs is 1. The number of nitrogens with zero attached hydrogens (tertiary/aromatic N) is 1. The third-order valence-electron chi connectivity index (χ3n) is 6.41. The van der Waals surface area contributed by atoms with E-state index in [0.29, 0.717) is 30.3 Å². The van der Waals surface area contributed by atoms with Gasteiger partial charge < -0.3 is 25.0 Å². The fraction of sp³-hybridized carbons (Fsp3) is 0.391. The average molecular weight is 407 g/mol. The molecule has 2 heterocycles. The number of ether oxygens (including phenoxy) is 2. The van der Waals surface area contributed by atoms with Crippen LogP contribution in [0.5, 0.6) is 11.5 Å². The van der Waals surface area contributed by atoms with E-state index in [1.165, 1.54) is 5.56 Å². The van der Waals surface area contributed by atoms with Crippen molar-refractivity contribution in [3.8, 4) is 11.5 Å². The van der Waals surface area contributed by atoms with Gasteiger partial charge in [-0.2, -0.15) is 0 Å². The minimum absolute atomic E-state index is 0.00627. The average Bonchev–Trinajstić information content (AvgIpc) is 3.06. The summed E-state index contributed by atoms with van der Waals surface area (Å²) >= 11 is 0. The number of aryl methyl sites for hydroxylation is 1. The van der Waals surface area contributed by atoms with Crippen molar-refractivity contribution in [1.82, 2.24) is 4.90 Å². The van der Waals surface area contributed by atoms with E-state index in [0.717, 1.165) is 24.9 Å². The maximum atomic E-state index is 12.8. The molecule has 2 aromatic rings. The SMILES string of the molecule is CCc1cccc(NC(=O)N2CC[C@]3(C[C@H]3C(=O)Nc3ccc4c(c3)OCO4)C2)c1. The molecule has 0 aromatic heterocycles. The number of urea groups is 1. The van der Waals surface area contributed by atoms with E-state index in [1.807, 2.05) is 35.2 Å². The third kappa shape index (κ3) is 3.44. The first-order chi connectivity index (χ1) is 14.6. The fourth-order valence-corrected chi connectivity index (χ4v) is 4.51. The van der Waals surface area contributed by atoms with E-state index < -0.39 is 0 Å². The molecule has 0 radical (unpaired) electrons. The maximum absolute atomic E-state index is 12.8. The van der Waals surface area contributed by atoms with Crippen LogP contribution >= 0.6 is 0 Å². The Balaban J connectivity index is 1.18. The first-order valence-corrected chi connectivity index (χ1v) is 10.4. The van der Waals surface area contributed by atoms with Crippen molar-refractivity contribution in [3.05, 3.63) is 48.0 Å². The Morgan fingerprint density at radius 1 is 1.10 bits per heavy atom. The molecule has 7 heteroatoms. The molecule has 30 heavy (non-hydrogen) atoms. The van der Waals surface area contributed by atoms with Gasteiger partial charge >= 0.3 is 6.03 Å². The number of nitrogens with one attached hydrogen (secondary N) is 2. The molecule has 2 fully saturated rings. The fourth-order valence-electron chi connectivity index (χ4n) is 4.51. The van der Waals surface area contributed by atoms with Crippen molar-refractivity contribution in [2.45, 2.75) is 26.2 Å². The van der Waals surface area contributed by atoms with Crippen LogP contribution in [0.3, 0.4) is 0 Å². The van der Waals surface area contributed by atoms with Crippen LogP contribution in [0.4, 0.5) is 16.2 Å². The number of benzene rings is 2. The van der Waals surface area contributed by atoms with E-state index in [-0.39, 0.29) is 30.1 Å². The predicted molar refractivity (Wildman–Crippen MR) is 113 cm³/mol. The van der Waals surface area contributed by atoms with E-state index >= 15 is 0 Å². The summed E-state index contributed by atoms with van der Waals surface area (Å²) in [5, 5.41) is 5.98. The molecule has 1 spiro atoms.